The Labute approximate surface area is 170 Å². The number of aliphatic imine (C=N–C) groups is 1. The maximum Gasteiger partial charge on any atom is 0.194 e. The van der Waals surface area contributed by atoms with E-state index in [2.05, 4.69) is 20.7 Å². The number of anilines is 1. The van der Waals surface area contributed by atoms with Crippen LogP contribution in [0.25, 0.3) is 0 Å². The van der Waals surface area contributed by atoms with E-state index >= 15 is 0 Å². The Kier molecular flexibility index (Phi) is 7.22. The highest BCUT2D eigenvalue weighted by molar-refractivity contribution is 7.09. The molecule has 0 radical (unpaired) electrons. The zero-order valence-corrected chi connectivity index (χ0v) is 17.6. The van der Waals surface area contributed by atoms with Gasteiger partial charge in [-0.3, -0.25) is 0 Å². The van der Waals surface area contributed by atoms with E-state index in [1.54, 1.807) is 17.4 Å². The molecule has 3 rings (SSSR count). The lowest BCUT2D eigenvalue weighted by Gasteiger charge is -2.29. The van der Waals surface area contributed by atoms with E-state index < -0.39 is 0 Å². The Morgan fingerprint density at radius 3 is 2.82 bits per heavy atom. The molecule has 0 atom stereocenters. The molecule has 28 heavy (non-hydrogen) atoms. The van der Waals surface area contributed by atoms with Gasteiger partial charge in [0, 0.05) is 32.1 Å². The Balaban J connectivity index is 1.67. The SMILES string of the molecule is CCNC(=NCc1ccc(N2CCOCC2)c(F)c1)N(C)Cc1csc(C)n1. The molecule has 1 saturated heterocycles. The number of halogens is 1. The van der Waals surface area contributed by atoms with Gasteiger partial charge in [0.2, 0.25) is 0 Å². The molecule has 0 bridgehead atoms. The number of guanidine groups is 1. The smallest absolute Gasteiger partial charge is 0.194 e. The van der Waals surface area contributed by atoms with Crippen LogP contribution in [0, 0.1) is 12.7 Å². The summed E-state index contributed by atoms with van der Waals surface area (Å²) in [6.45, 7) is 8.63. The van der Waals surface area contributed by atoms with Gasteiger partial charge in [-0.2, -0.15) is 0 Å². The molecule has 152 valence electrons. The molecule has 1 aromatic carbocycles. The van der Waals surface area contributed by atoms with Crippen LogP contribution in [0.2, 0.25) is 0 Å². The Morgan fingerprint density at radius 1 is 1.39 bits per heavy atom. The summed E-state index contributed by atoms with van der Waals surface area (Å²) in [5.41, 5.74) is 2.51. The van der Waals surface area contributed by atoms with Crippen LogP contribution in [0.15, 0.2) is 28.6 Å². The summed E-state index contributed by atoms with van der Waals surface area (Å²) in [6, 6.07) is 5.38. The second-order valence-corrected chi connectivity index (χ2v) is 7.83. The third-order valence-corrected chi connectivity index (χ3v) is 5.36. The molecular formula is C20H28FN5OS. The Hall–Kier alpha value is -2.19. The fourth-order valence-corrected chi connectivity index (χ4v) is 3.75. The fourth-order valence-electron chi connectivity index (χ4n) is 3.14. The van der Waals surface area contributed by atoms with Crippen molar-refractivity contribution in [3.63, 3.8) is 0 Å². The van der Waals surface area contributed by atoms with Gasteiger partial charge in [0.15, 0.2) is 5.96 Å². The first-order valence-corrected chi connectivity index (χ1v) is 10.5. The number of aryl methyl sites for hydroxylation is 1. The first-order valence-electron chi connectivity index (χ1n) is 9.58. The van der Waals surface area contributed by atoms with Crippen LogP contribution in [-0.2, 0) is 17.8 Å². The van der Waals surface area contributed by atoms with Gasteiger partial charge in [0.1, 0.15) is 5.82 Å². The van der Waals surface area contributed by atoms with Gasteiger partial charge in [-0.05, 0) is 31.5 Å². The van der Waals surface area contributed by atoms with Gasteiger partial charge in [-0.1, -0.05) is 6.07 Å². The molecule has 1 aliphatic heterocycles. The van der Waals surface area contributed by atoms with Crippen LogP contribution in [0.5, 0.6) is 0 Å². The first-order chi connectivity index (χ1) is 13.6. The lowest BCUT2D eigenvalue weighted by Crippen LogP contribution is -2.38. The van der Waals surface area contributed by atoms with Crippen molar-refractivity contribution in [1.82, 2.24) is 15.2 Å². The van der Waals surface area contributed by atoms with Crippen LogP contribution in [0.3, 0.4) is 0 Å². The van der Waals surface area contributed by atoms with Crippen LogP contribution in [-0.4, -0.2) is 55.7 Å². The molecule has 0 amide bonds. The predicted molar refractivity (Wildman–Crippen MR) is 113 cm³/mol. The van der Waals surface area contributed by atoms with Crippen LogP contribution in [0.1, 0.15) is 23.2 Å². The average molecular weight is 406 g/mol. The molecule has 1 aliphatic rings. The molecule has 8 heteroatoms. The number of morpholine rings is 1. The summed E-state index contributed by atoms with van der Waals surface area (Å²) in [5.74, 6) is 0.580. The number of benzene rings is 1. The second-order valence-electron chi connectivity index (χ2n) is 6.77. The van der Waals surface area contributed by atoms with Crippen molar-refractivity contribution in [3.05, 3.63) is 45.7 Å². The van der Waals surface area contributed by atoms with E-state index in [0.29, 0.717) is 32.0 Å². The monoisotopic (exact) mass is 405 g/mol. The molecule has 1 N–H and O–H groups in total. The standard InChI is InChI=1S/C20H28FN5OS/c1-4-22-20(25(3)13-17-14-28-15(2)24-17)23-12-16-5-6-19(18(21)11-16)26-7-9-27-10-8-26/h5-6,11,14H,4,7-10,12-13H2,1-3H3,(H,22,23). The maximum absolute atomic E-state index is 14.6. The highest BCUT2D eigenvalue weighted by Gasteiger charge is 2.15. The minimum absolute atomic E-state index is 0.203. The Bertz CT molecular complexity index is 804. The van der Waals surface area contributed by atoms with Gasteiger partial charge in [0.05, 0.1) is 42.7 Å². The average Bonchev–Trinajstić information content (AvgIpc) is 3.10. The highest BCUT2D eigenvalue weighted by atomic mass is 32.1. The summed E-state index contributed by atoms with van der Waals surface area (Å²) >= 11 is 1.64. The predicted octanol–water partition coefficient (Wildman–Crippen LogP) is 3.02. The number of hydrogen-bond acceptors (Lipinski definition) is 5. The lowest BCUT2D eigenvalue weighted by atomic mass is 10.1. The van der Waals surface area contributed by atoms with E-state index in [1.807, 2.05) is 42.8 Å². The van der Waals surface area contributed by atoms with Gasteiger partial charge in [0.25, 0.3) is 0 Å². The number of hydrogen-bond donors (Lipinski definition) is 1. The first kappa shape index (κ1) is 20.5. The number of ether oxygens (including phenoxy) is 1. The quantitative estimate of drug-likeness (QED) is 0.591. The summed E-state index contributed by atoms with van der Waals surface area (Å²) in [5, 5.41) is 6.41. The normalized spacial score (nSPS) is 15.0. The molecule has 0 saturated carbocycles. The topological polar surface area (TPSA) is 53.0 Å². The number of nitrogens with one attached hydrogen (secondary N) is 1. The molecule has 1 fully saturated rings. The summed E-state index contributed by atoms with van der Waals surface area (Å²) < 4.78 is 19.9. The molecule has 1 aromatic heterocycles. The zero-order chi connectivity index (χ0) is 19.9. The van der Waals surface area contributed by atoms with Crippen molar-refractivity contribution in [2.45, 2.75) is 26.9 Å². The van der Waals surface area contributed by atoms with Crippen molar-refractivity contribution in [2.75, 3.05) is 44.8 Å². The maximum atomic E-state index is 14.6. The number of rotatable bonds is 6. The minimum Gasteiger partial charge on any atom is -0.378 e. The van der Waals surface area contributed by atoms with Crippen molar-refractivity contribution in [1.29, 1.82) is 0 Å². The number of nitrogens with zero attached hydrogens (tertiary/aromatic N) is 4. The third kappa shape index (κ3) is 5.42. The van der Waals surface area contributed by atoms with Crippen molar-refractivity contribution < 1.29 is 9.13 Å². The molecule has 0 spiro atoms. The van der Waals surface area contributed by atoms with Crippen LogP contribution in [0.4, 0.5) is 10.1 Å². The highest BCUT2D eigenvalue weighted by Crippen LogP contribution is 2.22. The Morgan fingerprint density at radius 2 is 2.18 bits per heavy atom. The van der Waals surface area contributed by atoms with Crippen molar-refractivity contribution >= 4 is 23.0 Å². The largest absolute Gasteiger partial charge is 0.378 e. The van der Waals surface area contributed by atoms with Crippen LogP contribution >= 0.6 is 11.3 Å². The van der Waals surface area contributed by atoms with Gasteiger partial charge in [-0.15, -0.1) is 11.3 Å². The molecule has 2 aromatic rings. The van der Waals surface area contributed by atoms with E-state index in [1.165, 1.54) is 0 Å². The molecule has 0 aliphatic carbocycles. The zero-order valence-electron chi connectivity index (χ0n) is 16.7. The number of thiazole rings is 1. The third-order valence-electron chi connectivity index (χ3n) is 4.54. The summed E-state index contributed by atoms with van der Waals surface area (Å²) in [7, 11) is 1.98. The second kappa shape index (κ2) is 9.84. The summed E-state index contributed by atoms with van der Waals surface area (Å²) in [6.07, 6.45) is 0. The lowest BCUT2D eigenvalue weighted by molar-refractivity contribution is 0.122. The van der Waals surface area contributed by atoms with Gasteiger partial charge < -0.3 is 19.9 Å². The number of aromatic nitrogens is 1. The summed E-state index contributed by atoms with van der Waals surface area (Å²) in [4.78, 5) is 13.3. The van der Waals surface area contributed by atoms with E-state index in [4.69, 9.17) is 4.74 Å². The van der Waals surface area contributed by atoms with Crippen molar-refractivity contribution in [2.24, 2.45) is 4.99 Å². The molecule has 6 nitrogen and oxygen atoms in total. The fraction of sp³-hybridized carbons (Fsp3) is 0.500. The van der Waals surface area contributed by atoms with E-state index in [0.717, 1.165) is 41.9 Å². The molecule has 0 unspecified atom stereocenters. The molecular weight excluding hydrogens is 377 g/mol. The molecule has 2 heterocycles. The van der Waals surface area contributed by atoms with E-state index in [9.17, 15) is 4.39 Å². The minimum atomic E-state index is -0.203. The van der Waals surface area contributed by atoms with Crippen molar-refractivity contribution in [3.8, 4) is 0 Å². The van der Waals surface area contributed by atoms with E-state index in [-0.39, 0.29) is 5.82 Å². The van der Waals surface area contributed by atoms with Crippen LogP contribution < -0.4 is 10.2 Å². The van der Waals surface area contributed by atoms with Gasteiger partial charge in [-0.25, -0.2) is 14.4 Å². The van der Waals surface area contributed by atoms with Gasteiger partial charge >= 0.3 is 0 Å².